The van der Waals surface area contributed by atoms with E-state index in [0.29, 0.717) is 12.8 Å². The molecule has 0 aromatic heterocycles. The van der Waals surface area contributed by atoms with Crippen LogP contribution in [0.2, 0.25) is 0 Å². The van der Waals surface area contributed by atoms with Crippen LogP contribution >= 0.6 is 0 Å². The maximum Gasteiger partial charge on any atom is 0.164 e. The molecular formula is C7H13NO3S. The standard InChI is InChI=1S/C7H13NO3S/c8-5-6(9)7-3-1-2-4-12(7,10)11/h7H,1-5,8H2. The van der Waals surface area contributed by atoms with Gasteiger partial charge in [0.2, 0.25) is 0 Å². The van der Waals surface area contributed by atoms with Crippen LogP contribution < -0.4 is 5.73 Å². The molecule has 0 radical (unpaired) electrons. The van der Waals surface area contributed by atoms with Crippen molar-refractivity contribution in [2.75, 3.05) is 12.3 Å². The summed E-state index contributed by atoms with van der Waals surface area (Å²) in [5, 5.41) is -0.809. The minimum Gasteiger partial charge on any atom is -0.324 e. The molecule has 4 nitrogen and oxygen atoms in total. The van der Waals surface area contributed by atoms with E-state index in [9.17, 15) is 13.2 Å². The van der Waals surface area contributed by atoms with Crippen LogP contribution in [0.25, 0.3) is 0 Å². The summed E-state index contributed by atoms with van der Waals surface area (Å²) >= 11 is 0. The Labute approximate surface area is 72.0 Å². The lowest BCUT2D eigenvalue weighted by molar-refractivity contribution is -0.117. The van der Waals surface area contributed by atoms with Gasteiger partial charge in [-0.05, 0) is 12.8 Å². The zero-order valence-corrected chi connectivity index (χ0v) is 7.64. The lowest BCUT2D eigenvalue weighted by atomic mass is 10.1. The summed E-state index contributed by atoms with van der Waals surface area (Å²) in [5.41, 5.74) is 5.11. The fraction of sp³-hybridized carbons (Fsp3) is 0.857. The van der Waals surface area contributed by atoms with Crippen LogP contribution in [0, 0.1) is 0 Å². The van der Waals surface area contributed by atoms with Crippen molar-refractivity contribution in [2.24, 2.45) is 5.73 Å². The Morgan fingerprint density at radius 2 is 2.08 bits per heavy atom. The third-order valence-electron chi connectivity index (χ3n) is 2.14. The van der Waals surface area contributed by atoms with Crippen molar-refractivity contribution in [1.29, 1.82) is 0 Å². The van der Waals surface area contributed by atoms with Crippen molar-refractivity contribution in [3.63, 3.8) is 0 Å². The summed E-state index contributed by atoms with van der Waals surface area (Å²) in [6.45, 7) is -0.163. The maximum atomic E-state index is 11.3. The van der Waals surface area contributed by atoms with Gasteiger partial charge in [-0.15, -0.1) is 0 Å². The first-order chi connectivity index (χ1) is 5.58. The van der Waals surface area contributed by atoms with Crippen molar-refractivity contribution in [2.45, 2.75) is 24.5 Å². The molecule has 1 saturated heterocycles. The fourth-order valence-electron chi connectivity index (χ4n) is 1.45. The highest BCUT2D eigenvalue weighted by Crippen LogP contribution is 2.19. The largest absolute Gasteiger partial charge is 0.324 e. The molecule has 0 aromatic carbocycles. The Kier molecular flexibility index (Phi) is 2.85. The normalized spacial score (nSPS) is 28.2. The second-order valence-electron chi connectivity index (χ2n) is 3.02. The number of carbonyl (C=O) groups is 1. The molecule has 1 atom stereocenters. The van der Waals surface area contributed by atoms with Crippen LogP contribution in [0.4, 0.5) is 0 Å². The van der Waals surface area contributed by atoms with Gasteiger partial charge in [0.15, 0.2) is 15.6 Å². The van der Waals surface area contributed by atoms with Crippen molar-refractivity contribution >= 4 is 15.6 Å². The maximum absolute atomic E-state index is 11.3. The molecule has 12 heavy (non-hydrogen) atoms. The Balaban J connectivity index is 2.80. The van der Waals surface area contributed by atoms with Gasteiger partial charge in [-0.25, -0.2) is 8.42 Å². The molecule has 1 unspecified atom stereocenters. The predicted molar refractivity (Wildman–Crippen MR) is 45.5 cm³/mol. The Morgan fingerprint density at radius 3 is 2.58 bits per heavy atom. The van der Waals surface area contributed by atoms with Crippen LogP contribution in [0.5, 0.6) is 0 Å². The molecule has 1 aliphatic rings. The summed E-state index contributed by atoms with van der Waals surface area (Å²) in [5.74, 6) is -0.196. The molecule has 1 rings (SSSR count). The second-order valence-corrected chi connectivity index (χ2v) is 5.32. The molecule has 0 aliphatic carbocycles. The Hall–Kier alpha value is -0.420. The van der Waals surface area contributed by atoms with Crippen LogP contribution in [0.3, 0.4) is 0 Å². The smallest absolute Gasteiger partial charge is 0.164 e. The molecule has 70 valence electrons. The minimum atomic E-state index is -3.16. The monoisotopic (exact) mass is 191 g/mol. The van der Waals surface area contributed by atoms with E-state index in [1.165, 1.54) is 0 Å². The SMILES string of the molecule is NCC(=O)C1CCCCS1(=O)=O. The number of carbonyl (C=O) groups excluding carboxylic acids is 1. The highest BCUT2D eigenvalue weighted by molar-refractivity contribution is 7.92. The summed E-state index contributed by atoms with van der Waals surface area (Å²) in [7, 11) is -3.16. The van der Waals surface area contributed by atoms with E-state index in [2.05, 4.69) is 0 Å². The van der Waals surface area contributed by atoms with Crippen LogP contribution in [-0.4, -0.2) is 31.7 Å². The zero-order chi connectivity index (χ0) is 9.19. The molecule has 1 fully saturated rings. The quantitative estimate of drug-likeness (QED) is 0.637. The number of hydrogen-bond donors (Lipinski definition) is 1. The highest BCUT2D eigenvalue weighted by Gasteiger charge is 2.33. The van der Waals surface area contributed by atoms with Gasteiger partial charge in [-0.1, -0.05) is 6.42 Å². The average Bonchev–Trinajstić information content (AvgIpc) is 2.02. The van der Waals surface area contributed by atoms with E-state index < -0.39 is 15.1 Å². The molecule has 1 aliphatic heterocycles. The molecule has 0 saturated carbocycles. The minimum absolute atomic E-state index is 0.142. The Morgan fingerprint density at radius 1 is 1.42 bits per heavy atom. The third-order valence-corrected chi connectivity index (χ3v) is 4.36. The zero-order valence-electron chi connectivity index (χ0n) is 6.82. The van der Waals surface area contributed by atoms with Gasteiger partial charge >= 0.3 is 0 Å². The van der Waals surface area contributed by atoms with Crippen molar-refractivity contribution in [1.82, 2.24) is 0 Å². The van der Waals surface area contributed by atoms with E-state index in [1.54, 1.807) is 0 Å². The Bertz CT molecular complexity index is 270. The first-order valence-electron chi connectivity index (χ1n) is 4.02. The predicted octanol–water partition coefficient (Wildman–Crippen LogP) is -0.519. The topological polar surface area (TPSA) is 77.2 Å². The average molecular weight is 191 g/mol. The number of sulfone groups is 1. The van der Waals surface area contributed by atoms with Gasteiger partial charge in [0.05, 0.1) is 12.3 Å². The van der Waals surface area contributed by atoms with Crippen LogP contribution in [0.1, 0.15) is 19.3 Å². The third kappa shape index (κ3) is 1.84. The van der Waals surface area contributed by atoms with Crippen LogP contribution in [-0.2, 0) is 14.6 Å². The number of rotatable bonds is 2. The van der Waals surface area contributed by atoms with Crippen molar-refractivity contribution < 1.29 is 13.2 Å². The number of hydrogen-bond acceptors (Lipinski definition) is 4. The first kappa shape index (κ1) is 9.67. The number of Topliss-reactive ketones (excluding diaryl/α,β-unsaturated/α-hetero) is 1. The molecule has 0 amide bonds. The van der Waals surface area contributed by atoms with Gasteiger partial charge in [0.1, 0.15) is 5.25 Å². The lowest BCUT2D eigenvalue weighted by Crippen LogP contribution is -2.38. The number of ketones is 1. The van der Waals surface area contributed by atoms with Gasteiger partial charge in [-0.3, -0.25) is 4.79 Å². The molecule has 0 spiro atoms. The van der Waals surface area contributed by atoms with Crippen molar-refractivity contribution in [3.05, 3.63) is 0 Å². The molecule has 1 heterocycles. The van der Waals surface area contributed by atoms with Gasteiger partial charge < -0.3 is 5.73 Å². The molecular weight excluding hydrogens is 178 g/mol. The van der Waals surface area contributed by atoms with Crippen LogP contribution in [0.15, 0.2) is 0 Å². The molecule has 0 aromatic rings. The summed E-state index contributed by atoms with van der Waals surface area (Å²) in [6.07, 6.45) is 1.95. The van der Waals surface area contributed by atoms with Gasteiger partial charge in [-0.2, -0.15) is 0 Å². The van der Waals surface area contributed by atoms with E-state index in [4.69, 9.17) is 5.73 Å². The molecule has 5 heteroatoms. The molecule has 2 N–H and O–H groups in total. The first-order valence-corrected chi connectivity index (χ1v) is 5.74. The lowest BCUT2D eigenvalue weighted by Gasteiger charge is -2.20. The highest BCUT2D eigenvalue weighted by atomic mass is 32.2. The second kappa shape index (κ2) is 3.53. The van der Waals surface area contributed by atoms with Gasteiger partial charge in [0, 0.05) is 0 Å². The number of nitrogens with two attached hydrogens (primary N) is 1. The van der Waals surface area contributed by atoms with E-state index in [-0.39, 0.29) is 18.1 Å². The van der Waals surface area contributed by atoms with E-state index in [1.807, 2.05) is 0 Å². The van der Waals surface area contributed by atoms with E-state index >= 15 is 0 Å². The van der Waals surface area contributed by atoms with Crippen molar-refractivity contribution in [3.8, 4) is 0 Å². The fourth-order valence-corrected chi connectivity index (χ4v) is 3.36. The summed E-state index contributed by atoms with van der Waals surface area (Å²) in [6, 6.07) is 0. The van der Waals surface area contributed by atoms with Gasteiger partial charge in [0.25, 0.3) is 0 Å². The summed E-state index contributed by atoms with van der Waals surface area (Å²) < 4.78 is 22.6. The molecule has 0 bridgehead atoms. The van der Waals surface area contributed by atoms with E-state index in [0.717, 1.165) is 6.42 Å². The summed E-state index contributed by atoms with van der Waals surface area (Å²) in [4.78, 5) is 11.1.